The highest BCUT2D eigenvalue weighted by molar-refractivity contribution is 5.85. The van der Waals surface area contributed by atoms with E-state index in [1.165, 1.54) is 57.1 Å². The van der Waals surface area contributed by atoms with Gasteiger partial charge in [0.05, 0.1) is 0 Å². The zero-order valence-corrected chi connectivity index (χ0v) is 13.4. The van der Waals surface area contributed by atoms with E-state index in [-0.39, 0.29) is 24.8 Å². The van der Waals surface area contributed by atoms with Crippen molar-refractivity contribution in [1.29, 1.82) is 0 Å². The van der Waals surface area contributed by atoms with Crippen LogP contribution in [0.1, 0.15) is 57.1 Å². The smallest absolute Gasteiger partial charge is 0.0403 e. The van der Waals surface area contributed by atoms with Crippen molar-refractivity contribution in [3.8, 4) is 0 Å². The van der Waals surface area contributed by atoms with Crippen LogP contribution in [0.4, 0.5) is 0 Å². The Labute approximate surface area is 130 Å². The number of hydrogen-bond donors (Lipinski definition) is 1. The number of nitrogens with zero attached hydrogens (tertiary/aromatic N) is 1. The number of rotatable bonds is 10. The molecule has 0 spiro atoms. The number of hydrogen-bond acceptors (Lipinski definition) is 2. The van der Waals surface area contributed by atoms with Crippen LogP contribution in [-0.2, 0) is 6.42 Å². The molecule has 0 aliphatic rings. The normalized spacial score (nSPS) is 9.53. The highest BCUT2D eigenvalue weighted by Gasteiger charge is 1.94. The van der Waals surface area contributed by atoms with Crippen LogP contribution < -0.4 is 5.73 Å². The molecule has 0 aliphatic heterocycles. The van der Waals surface area contributed by atoms with Crippen molar-refractivity contribution in [2.75, 3.05) is 6.54 Å². The van der Waals surface area contributed by atoms with Crippen LogP contribution in [-0.4, -0.2) is 11.5 Å². The minimum absolute atomic E-state index is 0. The van der Waals surface area contributed by atoms with Gasteiger partial charge >= 0.3 is 0 Å². The van der Waals surface area contributed by atoms with E-state index < -0.39 is 0 Å². The molecule has 0 fully saturated rings. The lowest BCUT2D eigenvalue weighted by atomic mass is 10.1. The summed E-state index contributed by atoms with van der Waals surface area (Å²) in [6.07, 6.45) is 13.6. The van der Waals surface area contributed by atoms with Crippen molar-refractivity contribution < 1.29 is 0 Å². The minimum Gasteiger partial charge on any atom is -0.330 e. The van der Waals surface area contributed by atoms with Crippen molar-refractivity contribution >= 4 is 24.8 Å². The van der Waals surface area contributed by atoms with Crippen LogP contribution in [0.2, 0.25) is 0 Å². The average Bonchev–Trinajstić information content (AvgIpc) is 2.38. The van der Waals surface area contributed by atoms with Crippen molar-refractivity contribution in [2.24, 2.45) is 5.73 Å². The lowest BCUT2D eigenvalue weighted by molar-refractivity contribution is 0.568. The third-order valence-corrected chi connectivity index (χ3v) is 3.11. The first-order valence-electron chi connectivity index (χ1n) is 7.03. The summed E-state index contributed by atoms with van der Waals surface area (Å²) in [6.45, 7) is 0.851. The highest BCUT2D eigenvalue weighted by atomic mass is 35.5. The van der Waals surface area contributed by atoms with E-state index in [4.69, 9.17) is 5.73 Å². The van der Waals surface area contributed by atoms with Crippen LogP contribution in [0, 0.1) is 0 Å². The first-order chi connectivity index (χ1) is 8.43. The van der Waals surface area contributed by atoms with Gasteiger partial charge in [-0.05, 0) is 37.9 Å². The van der Waals surface area contributed by atoms with E-state index in [0.717, 1.165) is 13.0 Å². The Morgan fingerprint density at radius 1 is 0.789 bits per heavy atom. The average molecular weight is 307 g/mol. The van der Waals surface area contributed by atoms with Gasteiger partial charge in [-0.3, -0.25) is 4.98 Å². The maximum absolute atomic E-state index is 5.46. The fraction of sp³-hybridized carbons (Fsp3) is 0.667. The van der Waals surface area contributed by atoms with Crippen molar-refractivity contribution in [3.05, 3.63) is 30.1 Å². The molecule has 0 bridgehead atoms. The van der Waals surface area contributed by atoms with Gasteiger partial charge in [0, 0.05) is 11.9 Å². The van der Waals surface area contributed by atoms with E-state index in [1.807, 2.05) is 12.3 Å². The number of unbranched alkanes of at least 4 members (excludes halogenated alkanes) is 7. The van der Waals surface area contributed by atoms with Crippen LogP contribution in [0.3, 0.4) is 0 Å². The molecular formula is C15H28Cl2N2. The summed E-state index contributed by atoms with van der Waals surface area (Å²) in [4.78, 5) is 4.33. The highest BCUT2D eigenvalue weighted by Crippen LogP contribution is 2.10. The summed E-state index contributed by atoms with van der Waals surface area (Å²) < 4.78 is 0. The molecule has 1 rings (SSSR count). The van der Waals surface area contributed by atoms with Crippen LogP contribution in [0.5, 0.6) is 0 Å². The molecule has 0 saturated heterocycles. The minimum atomic E-state index is 0. The number of nitrogens with two attached hydrogens (primary N) is 1. The molecule has 2 nitrogen and oxygen atoms in total. The SMILES string of the molecule is Cl.Cl.NCCCCCCCCCCc1ccccn1. The first-order valence-corrected chi connectivity index (χ1v) is 7.03. The standard InChI is InChI=1S/C15H26N2.2ClH/c16-13-9-6-4-2-1-3-5-7-11-15-12-8-10-14-17-15;;/h8,10,12,14H,1-7,9,11,13,16H2;2*1H. The maximum atomic E-state index is 5.46. The van der Waals surface area contributed by atoms with E-state index in [2.05, 4.69) is 17.1 Å². The van der Waals surface area contributed by atoms with Crippen molar-refractivity contribution in [2.45, 2.75) is 57.8 Å². The Balaban J connectivity index is 0. The molecule has 112 valence electrons. The summed E-state index contributed by atoms with van der Waals surface area (Å²) >= 11 is 0. The largest absolute Gasteiger partial charge is 0.330 e. The van der Waals surface area contributed by atoms with E-state index in [9.17, 15) is 0 Å². The quantitative estimate of drug-likeness (QED) is 0.644. The van der Waals surface area contributed by atoms with Gasteiger partial charge in [0.25, 0.3) is 0 Å². The van der Waals surface area contributed by atoms with Crippen molar-refractivity contribution in [1.82, 2.24) is 4.98 Å². The second kappa shape index (κ2) is 15.7. The Bertz CT molecular complexity index is 268. The molecule has 0 amide bonds. The molecule has 0 aromatic carbocycles. The molecule has 0 atom stereocenters. The Morgan fingerprint density at radius 3 is 1.89 bits per heavy atom. The monoisotopic (exact) mass is 306 g/mol. The Hall–Kier alpha value is -0.310. The van der Waals surface area contributed by atoms with Crippen LogP contribution >= 0.6 is 24.8 Å². The lowest BCUT2D eigenvalue weighted by Gasteiger charge is -2.02. The van der Waals surface area contributed by atoms with Gasteiger partial charge in [-0.15, -0.1) is 24.8 Å². The fourth-order valence-electron chi connectivity index (χ4n) is 2.06. The molecule has 1 heterocycles. The van der Waals surface area contributed by atoms with E-state index in [1.54, 1.807) is 0 Å². The molecule has 4 heteroatoms. The van der Waals surface area contributed by atoms with Crippen molar-refractivity contribution in [3.63, 3.8) is 0 Å². The molecule has 1 aromatic heterocycles. The van der Waals surface area contributed by atoms with Gasteiger partial charge in [-0.1, -0.05) is 44.6 Å². The first kappa shape index (κ1) is 21.0. The summed E-state index contributed by atoms with van der Waals surface area (Å²) in [5.41, 5.74) is 6.69. The van der Waals surface area contributed by atoms with Gasteiger partial charge < -0.3 is 5.73 Å². The zero-order chi connectivity index (χ0) is 12.2. The van der Waals surface area contributed by atoms with E-state index >= 15 is 0 Å². The second-order valence-electron chi connectivity index (χ2n) is 4.69. The molecule has 1 aromatic rings. The fourth-order valence-corrected chi connectivity index (χ4v) is 2.06. The zero-order valence-electron chi connectivity index (χ0n) is 11.7. The third-order valence-electron chi connectivity index (χ3n) is 3.11. The number of aromatic nitrogens is 1. The summed E-state index contributed by atoms with van der Waals surface area (Å²) in [5.74, 6) is 0. The van der Waals surface area contributed by atoms with Crippen LogP contribution in [0.15, 0.2) is 24.4 Å². The van der Waals surface area contributed by atoms with Gasteiger partial charge in [-0.2, -0.15) is 0 Å². The summed E-state index contributed by atoms with van der Waals surface area (Å²) in [5, 5.41) is 0. The number of aryl methyl sites for hydroxylation is 1. The maximum Gasteiger partial charge on any atom is 0.0403 e. The topological polar surface area (TPSA) is 38.9 Å². The predicted octanol–water partition coefficient (Wildman–Crippen LogP) is 4.55. The summed E-state index contributed by atoms with van der Waals surface area (Å²) in [7, 11) is 0. The Morgan fingerprint density at radius 2 is 1.37 bits per heavy atom. The molecular weight excluding hydrogens is 279 g/mol. The third kappa shape index (κ3) is 12.5. The predicted molar refractivity (Wildman–Crippen MR) is 88.4 cm³/mol. The molecule has 0 unspecified atom stereocenters. The van der Waals surface area contributed by atoms with Crippen LogP contribution in [0.25, 0.3) is 0 Å². The number of halogens is 2. The molecule has 0 aliphatic carbocycles. The van der Waals surface area contributed by atoms with E-state index in [0.29, 0.717) is 0 Å². The van der Waals surface area contributed by atoms with Gasteiger partial charge in [0.1, 0.15) is 0 Å². The molecule has 19 heavy (non-hydrogen) atoms. The molecule has 2 N–H and O–H groups in total. The molecule has 0 radical (unpaired) electrons. The van der Waals surface area contributed by atoms with Gasteiger partial charge in [-0.25, -0.2) is 0 Å². The molecule has 0 saturated carbocycles. The lowest BCUT2D eigenvalue weighted by Crippen LogP contribution is -1.97. The summed E-state index contributed by atoms with van der Waals surface area (Å²) in [6, 6.07) is 6.16. The Kier molecular flexibility index (Phi) is 17.4. The number of pyridine rings is 1. The van der Waals surface area contributed by atoms with Gasteiger partial charge in [0.15, 0.2) is 0 Å². The second-order valence-corrected chi connectivity index (χ2v) is 4.69. The van der Waals surface area contributed by atoms with Gasteiger partial charge in [0.2, 0.25) is 0 Å².